The molecular weight excluding hydrogens is 114 g/mol. The lowest BCUT2D eigenvalue weighted by Gasteiger charge is -2.14. The predicted octanol–water partition coefficient (Wildman–Crippen LogP) is -0.0199. The summed E-state index contributed by atoms with van der Waals surface area (Å²) in [6.45, 7) is 3.90. The Morgan fingerprint density at radius 3 is 2.56 bits per heavy atom. The third kappa shape index (κ3) is 4.01. The lowest BCUT2D eigenvalue weighted by molar-refractivity contribution is 0.123. The Bertz CT molecular complexity index is 130. The molecule has 0 rings (SSSR count). The van der Waals surface area contributed by atoms with Crippen molar-refractivity contribution < 1.29 is 5.11 Å². The fourth-order valence-electron chi connectivity index (χ4n) is 0.658. The van der Waals surface area contributed by atoms with Crippen molar-refractivity contribution in [1.82, 2.24) is 5.32 Å². The van der Waals surface area contributed by atoms with E-state index in [1.807, 2.05) is 0 Å². The monoisotopic (exact) mass is 127 g/mol. The van der Waals surface area contributed by atoms with E-state index in [9.17, 15) is 5.11 Å². The van der Waals surface area contributed by atoms with Gasteiger partial charge in [0.2, 0.25) is 0 Å². The van der Waals surface area contributed by atoms with Crippen LogP contribution in [0.15, 0.2) is 0 Å². The molecule has 9 heavy (non-hydrogen) atoms. The predicted molar refractivity (Wildman–Crippen MR) is 38.0 cm³/mol. The van der Waals surface area contributed by atoms with Crippen LogP contribution in [-0.4, -0.2) is 24.3 Å². The Balaban J connectivity index is 3.80. The highest BCUT2D eigenvalue weighted by Gasteiger charge is 2.13. The van der Waals surface area contributed by atoms with Crippen molar-refractivity contribution in [2.75, 3.05) is 13.6 Å². The highest BCUT2D eigenvalue weighted by molar-refractivity contribution is 5.10. The molecule has 0 aromatic carbocycles. The molecule has 0 saturated heterocycles. The van der Waals surface area contributed by atoms with Gasteiger partial charge in [-0.3, -0.25) is 0 Å². The minimum Gasteiger partial charge on any atom is -0.377 e. The molecular formula is C7H13NO. The van der Waals surface area contributed by atoms with Crippen molar-refractivity contribution in [2.45, 2.75) is 19.4 Å². The molecule has 0 fully saturated rings. The van der Waals surface area contributed by atoms with E-state index in [1.54, 1.807) is 20.9 Å². The number of rotatable bonds is 2. The molecule has 1 unspecified atom stereocenters. The smallest absolute Gasteiger partial charge is 0.135 e. The Morgan fingerprint density at radius 2 is 2.22 bits per heavy atom. The van der Waals surface area contributed by atoms with Gasteiger partial charge in [0.1, 0.15) is 5.60 Å². The van der Waals surface area contributed by atoms with Gasteiger partial charge in [-0.2, -0.15) is 0 Å². The van der Waals surface area contributed by atoms with Crippen molar-refractivity contribution >= 4 is 0 Å². The van der Waals surface area contributed by atoms with Crippen LogP contribution in [0, 0.1) is 11.8 Å². The van der Waals surface area contributed by atoms with Crippen molar-refractivity contribution in [2.24, 2.45) is 0 Å². The summed E-state index contributed by atoms with van der Waals surface area (Å²) >= 11 is 0. The van der Waals surface area contributed by atoms with Gasteiger partial charge in [-0.1, -0.05) is 5.92 Å². The van der Waals surface area contributed by atoms with Crippen LogP contribution >= 0.6 is 0 Å². The summed E-state index contributed by atoms with van der Waals surface area (Å²) in [7, 11) is 1.78. The summed E-state index contributed by atoms with van der Waals surface area (Å²) in [4.78, 5) is 0. The van der Waals surface area contributed by atoms with Gasteiger partial charge in [-0.05, 0) is 20.9 Å². The van der Waals surface area contributed by atoms with E-state index >= 15 is 0 Å². The van der Waals surface area contributed by atoms with Crippen LogP contribution < -0.4 is 5.32 Å². The number of hydrogen-bond donors (Lipinski definition) is 2. The SMILES string of the molecule is CC#CC(C)(O)CNC. The van der Waals surface area contributed by atoms with Crippen LogP contribution in [0.2, 0.25) is 0 Å². The topological polar surface area (TPSA) is 32.3 Å². The van der Waals surface area contributed by atoms with Crippen LogP contribution in [0.4, 0.5) is 0 Å². The van der Waals surface area contributed by atoms with Crippen molar-refractivity contribution in [3.8, 4) is 11.8 Å². The molecule has 2 N–H and O–H groups in total. The minimum atomic E-state index is -0.872. The molecule has 52 valence electrons. The van der Waals surface area contributed by atoms with Crippen LogP contribution in [0.1, 0.15) is 13.8 Å². The maximum absolute atomic E-state index is 9.28. The summed E-state index contributed by atoms with van der Waals surface area (Å²) in [5, 5.41) is 12.1. The molecule has 0 aromatic heterocycles. The van der Waals surface area contributed by atoms with E-state index in [-0.39, 0.29) is 0 Å². The first kappa shape index (κ1) is 8.48. The number of hydrogen-bond acceptors (Lipinski definition) is 2. The van der Waals surface area contributed by atoms with Crippen LogP contribution in [-0.2, 0) is 0 Å². The van der Waals surface area contributed by atoms with E-state index in [0.717, 1.165) is 0 Å². The summed E-state index contributed by atoms with van der Waals surface area (Å²) in [5.74, 6) is 5.32. The van der Waals surface area contributed by atoms with Gasteiger partial charge in [0.05, 0.1) is 0 Å². The van der Waals surface area contributed by atoms with Gasteiger partial charge in [-0.15, -0.1) is 5.92 Å². The lowest BCUT2D eigenvalue weighted by Crippen LogP contribution is -2.34. The summed E-state index contributed by atoms with van der Waals surface area (Å²) in [6.07, 6.45) is 0. The van der Waals surface area contributed by atoms with Crippen LogP contribution in [0.25, 0.3) is 0 Å². The lowest BCUT2D eigenvalue weighted by atomic mass is 10.1. The zero-order valence-corrected chi connectivity index (χ0v) is 6.15. The minimum absolute atomic E-state index is 0.508. The van der Waals surface area contributed by atoms with Crippen LogP contribution in [0.5, 0.6) is 0 Å². The summed E-state index contributed by atoms with van der Waals surface area (Å²) < 4.78 is 0. The molecule has 0 spiro atoms. The molecule has 0 aliphatic heterocycles. The highest BCUT2D eigenvalue weighted by Crippen LogP contribution is 1.96. The van der Waals surface area contributed by atoms with Crippen molar-refractivity contribution in [3.63, 3.8) is 0 Å². The third-order valence-electron chi connectivity index (χ3n) is 0.915. The quantitative estimate of drug-likeness (QED) is 0.511. The average molecular weight is 127 g/mol. The maximum atomic E-state index is 9.28. The molecule has 0 bridgehead atoms. The molecule has 0 amide bonds. The Kier molecular flexibility index (Phi) is 3.29. The first-order valence-corrected chi connectivity index (χ1v) is 2.93. The average Bonchev–Trinajstić information content (AvgIpc) is 1.64. The molecule has 2 nitrogen and oxygen atoms in total. The first-order chi connectivity index (χ1) is 4.12. The first-order valence-electron chi connectivity index (χ1n) is 2.93. The van der Waals surface area contributed by atoms with Crippen molar-refractivity contribution in [3.05, 3.63) is 0 Å². The Labute approximate surface area is 56.3 Å². The van der Waals surface area contributed by atoms with E-state index in [2.05, 4.69) is 17.2 Å². The molecule has 0 aromatic rings. The molecule has 0 aliphatic rings. The van der Waals surface area contributed by atoms with E-state index in [4.69, 9.17) is 0 Å². The third-order valence-corrected chi connectivity index (χ3v) is 0.915. The van der Waals surface area contributed by atoms with Gasteiger partial charge in [0, 0.05) is 6.54 Å². The van der Waals surface area contributed by atoms with Crippen LogP contribution in [0.3, 0.4) is 0 Å². The van der Waals surface area contributed by atoms with E-state index < -0.39 is 5.60 Å². The van der Waals surface area contributed by atoms with Gasteiger partial charge in [-0.25, -0.2) is 0 Å². The highest BCUT2D eigenvalue weighted by atomic mass is 16.3. The summed E-state index contributed by atoms with van der Waals surface area (Å²) in [5.41, 5.74) is -0.872. The normalized spacial score (nSPS) is 15.6. The zero-order valence-electron chi connectivity index (χ0n) is 6.15. The Morgan fingerprint density at radius 1 is 1.67 bits per heavy atom. The second-order valence-electron chi connectivity index (χ2n) is 2.18. The molecule has 0 heterocycles. The van der Waals surface area contributed by atoms with Gasteiger partial charge >= 0.3 is 0 Å². The van der Waals surface area contributed by atoms with Gasteiger partial charge in [0.25, 0.3) is 0 Å². The fourth-order valence-corrected chi connectivity index (χ4v) is 0.658. The Hall–Kier alpha value is -0.520. The van der Waals surface area contributed by atoms with Gasteiger partial charge < -0.3 is 10.4 Å². The maximum Gasteiger partial charge on any atom is 0.135 e. The van der Waals surface area contributed by atoms with Gasteiger partial charge in [0.15, 0.2) is 0 Å². The zero-order chi connectivity index (χ0) is 7.33. The number of aliphatic hydroxyl groups is 1. The summed E-state index contributed by atoms with van der Waals surface area (Å²) in [6, 6.07) is 0. The molecule has 1 atom stereocenters. The number of nitrogens with one attached hydrogen (secondary N) is 1. The molecule has 0 saturated carbocycles. The molecule has 0 radical (unpaired) electrons. The largest absolute Gasteiger partial charge is 0.377 e. The fraction of sp³-hybridized carbons (Fsp3) is 0.714. The molecule has 0 aliphatic carbocycles. The standard InChI is InChI=1S/C7H13NO/c1-4-5-7(2,9)6-8-3/h8-9H,6H2,1-3H3. The second-order valence-corrected chi connectivity index (χ2v) is 2.18. The number of likely N-dealkylation sites (N-methyl/N-ethyl adjacent to an activating group) is 1. The molecule has 2 heteroatoms. The van der Waals surface area contributed by atoms with Crippen molar-refractivity contribution in [1.29, 1.82) is 0 Å². The second kappa shape index (κ2) is 3.49. The van der Waals surface area contributed by atoms with E-state index in [0.29, 0.717) is 6.54 Å². The van der Waals surface area contributed by atoms with E-state index in [1.165, 1.54) is 0 Å².